The Balaban J connectivity index is 2.93. The molecule has 0 atom stereocenters. The molecule has 0 bridgehead atoms. The zero-order valence-electron chi connectivity index (χ0n) is 9.34. The van der Waals surface area contributed by atoms with Gasteiger partial charge in [-0.1, -0.05) is 0 Å². The summed E-state index contributed by atoms with van der Waals surface area (Å²) in [5.74, 6) is 0.205. The highest BCUT2D eigenvalue weighted by molar-refractivity contribution is 5.95. The van der Waals surface area contributed by atoms with Crippen molar-refractivity contribution < 1.29 is 4.79 Å². The lowest BCUT2D eigenvalue weighted by Gasteiger charge is -2.15. The molecule has 6 nitrogen and oxygen atoms in total. The van der Waals surface area contributed by atoms with Crippen LogP contribution in [0.25, 0.3) is 0 Å². The van der Waals surface area contributed by atoms with E-state index in [-0.39, 0.29) is 19.0 Å². The average molecular weight is 229 g/mol. The molecule has 0 saturated carbocycles. The molecule has 0 aromatic carbocycles. The smallest absolute Gasteiger partial charge is 0.255 e. The lowest BCUT2D eigenvalue weighted by Crippen LogP contribution is -2.31. The molecule has 86 valence electrons. The number of amides is 1. The summed E-state index contributed by atoms with van der Waals surface area (Å²) in [4.78, 5) is 17.1. The number of rotatable bonds is 4. The van der Waals surface area contributed by atoms with Gasteiger partial charge in [0.15, 0.2) is 0 Å². The van der Waals surface area contributed by atoms with Gasteiger partial charge in [0.2, 0.25) is 0 Å². The first-order valence-corrected chi connectivity index (χ1v) is 4.90. The fourth-order valence-electron chi connectivity index (χ4n) is 1.25. The molecule has 0 radical (unpaired) electrons. The summed E-state index contributed by atoms with van der Waals surface area (Å²) in [6.45, 7) is -0.215. The van der Waals surface area contributed by atoms with E-state index in [2.05, 4.69) is 10.3 Å². The van der Waals surface area contributed by atoms with Crippen LogP contribution >= 0.6 is 0 Å². The lowest BCUT2D eigenvalue weighted by molar-refractivity contribution is 0.0794. The maximum Gasteiger partial charge on any atom is 0.255 e. The van der Waals surface area contributed by atoms with Crippen LogP contribution in [0.4, 0.5) is 5.82 Å². The molecule has 0 saturated heterocycles. The van der Waals surface area contributed by atoms with Crippen molar-refractivity contribution in [1.29, 1.82) is 10.5 Å². The molecule has 1 rings (SSSR count). The zero-order valence-corrected chi connectivity index (χ0v) is 9.34. The Kier molecular flexibility index (Phi) is 4.46. The van der Waals surface area contributed by atoms with Crippen LogP contribution in [0, 0.1) is 22.7 Å². The molecular formula is C11H11N5O. The molecule has 1 N–H and O–H groups in total. The molecular weight excluding hydrogens is 218 g/mol. The van der Waals surface area contributed by atoms with Gasteiger partial charge in [0.05, 0.1) is 12.1 Å². The molecule has 0 fully saturated rings. The summed E-state index contributed by atoms with van der Waals surface area (Å²) >= 11 is 0. The fourth-order valence-corrected chi connectivity index (χ4v) is 1.25. The largest absolute Gasteiger partial charge is 0.373 e. The van der Waals surface area contributed by atoms with Crippen molar-refractivity contribution in [3.05, 3.63) is 23.9 Å². The minimum atomic E-state index is -0.355. The second-order valence-corrected chi connectivity index (χ2v) is 3.16. The molecule has 0 unspecified atom stereocenters. The molecule has 0 aliphatic heterocycles. The third-order valence-corrected chi connectivity index (χ3v) is 2.07. The second-order valence-electron chi connectivity index (χ2n) is 3.16. The number of hydrogen-bond donors (Lipinski definition) is 1. The van der Waals surface area contributed by atoms with Crippen molar-refractivity contribution >= 4 is 11.7 Å². The summed E-state index contributed by atoms with van der Waals surface area (Å²) < 4.78 is 0. The molecule has 1 heterocycles. The van der Waals surface area contributed by atoms with E-state index < -0.39 is 0 Å². The van der Waals surface area contributed by atoms with Crippen LogP contribution in [0.1, 0.15) is 10.4 Å². The summed E-state index contributed by atoms with van der Waals surface area (Å²) in [6.07, 6.45) is 1.50. The van der Waals surface area contributed by atoms with Crippen LogP contribution in [-0.2, 0) is 0 Å². The van der Waals surface area contributed by atoms with Gasteiger partial charge in [-0.2, -0.15) is 10.5 Å². The van der Waals surface area contributed by atoms with E-state index in [0.717, 1.165) is 0 Å². The number of carbonyl (C=O) groups is 1. The van der Waals surface area contributed by atoms with Crippen LogP contribution in [-0.4, -0.2) is 35.9 Å². The molecule has 17 heavy (non-hydrogen) atoms. The highest BCUT2D eigenvalue weighted by Crippen LogP contribution is 2.08. The van der Waals surface area contributed by atoms with Crippen LogP contribution in [0.2, 0.25) is 0 Å². The van der Waals surface area contributed by atoms with Crippen LogP contribution < -0.4 is 5.32 Å². The summed E-state index contributed by atoms with van der Waals surface area (Å²) in [6, 6.07) is 6.83. The van der Waals surface area contributed by atoms with Gasteiger partial charge >= 0.3 is 0 Å². The standard InChI is InChI=1S/C11H11N5O/c1-14-10-8-9(2-5-15-10)11(17)16(6-3-12)7-4-13/h2,5,8H,6-7H2,1H3,(H,14,15). The average Bonchev–Trinajstić information content (AvgIpc) is 2.38. The lowest BCUT2D eigenvalue weighted by atomic mass is 10.2. The normalized spacial score (nSPS) is 8.88. The Morgan fingerprint density at radius 1 is 1.47 bits per heavy atom. The predicted octanol–water partition coefficient (Wildman–Crippen LogP) is 0.613. The number of carbonyl (C=O) groups excluding carboxylic acids is 1. The first-order valence-electron chi connectivity index (χ1n) is 4.90. The Morgan fingerprint density at radius 3 is 2.65 bits per heavy atom. The number of anilines is 1. The van der Waals surface area contributed by atoms with E-state index in [9.17, 15) is 4.79 Å². The summed E-state index contributed by atoms with van der Waals surface area (Å²) in [5.41, 5.74) is 0.398. The first-order chi connectivity index (χ1) is 8.22. The van der Waals surface area contributed by atoms with E-state index >= 15 is 0 Å². The Hall–Kier alpha value is -2.60. The number of hydrogen-bond acceptors (Lipinski definition) is 5. The third kappa shape index (κ3) is 3.18. The number of nitriles is 2. The quantitative estimate of drug-likeness (QED) is 0.763. The van der Waals surface area contributed by atoms with Crippen molar-refractivity contribution in [3.63, 3.8) is 0 Å². The SMILES string of the molecule is CNc1cc(C(=O)N(CC#N)CC#N)ccn1. The second kappa shape index (κ2) is 6.09. The van der Waals surface area contributed by atoms with Gasteiger partial charge in [-0.25, -0.2) is 4.98 Å². The topological polar surface area (TPSA) is 92.8 Å². The van der Waals surface area contributed by atoms with E-state index in [1.807, 2.05) is 12.1 Å². The van der Waals surface area contributed by atoms with Gasteiger partial charge in [0.1, 0.15) is 18.9 Å². The highest BCUT2D eigenvalue weighted by atomic mass is 16.2. The van der Waals surface area contributed by atoms with Gasteiger partial charge in [-0.05, 0) is 12.1 Å². The van der Waals surface area contributed by atoms with Gasteiger partial charge in [-0.15, -0.1) is 0 Å². The monoisotopic (exact) mass is 229 g/mol. The van der Waals surface area contributed by atoms with E-state index in [1.54, 1.807) is 19.2 Å². The number of pyridine rings is 1. The Morgan fingerprint density at radius 2 is 2.12 bits per heavy atom. The van der Waals surface area contributed by atoms with E-state index in [4.69, 9.17) is 10.5 Å². The maximum absolute atomic E-state index is 12.0. The fraction of sp³-hybridized carbons (Fsp3) is 0.273. The van der Waals surface area contributed by atoms with Crippen molar-refractivity contribution in [3.8, 4) is 12.1 Å². The molecule has 1 aromatic rings. The van der Waals surface area contributed by atoms with Crippen molar-refractivity contribution in [1.82, 2.24) is 9.88 Å². The van der Waals surface area contributed by atoms with Gasteiger partial charge < -0.3 is 10.2 Å². The van der Waals surface area contributed by atoms with E-state index in [1.165, 1.54) is 11.1 Å². The number of aromatic nitrogens is 1. The van der Waals surface area contributed by atoms with Crippen molar-refractivity contribution in [2.75, 3.05) is 25.5 Å². The molecule has 1 amide bonds. The highest BCUT2D eigenvalue weighted by Gasteiger charge is 2.15. The van der Waals surface area contributed by atoms with Gasteiger partial charge in [-0.3, -0.25) is 4.79 Å². The van der Waals surface area contributed by atoms with Gasteiger partial charge in [0.25, 0.3) is 5.91 Å². The first kappa shape index (κ1) is 12.5. The molecule has 6 heteroatoms. The minimum absolute atomic E-state index is 0.108. The summed E-state index contributed by atoms with van der Waals surface area (Å²) in [5, 5.41) is 20.0. The van der Waals surface area contributed by atoms with Crippen molar-refractivity contribution in [2.45, 2.75) is 0 Å². The maximum atomic E-state index is 12.0. The predicted molar refractivity (Wildman–Crippen MR) is 60.9 cm³/mol. The summed E-state index contributed by atoms with van der Waals surface area (Å²) in [7, 11) is 1.69. The molecule has 1 aromatic heterocycles. The molecule has 0 aliphatic carbocycles. The minimum Gasteiger partial charge on any atom is -0.373 e. The van der Waals surface area contributed by atoms with Crippen LogP contribution in [0.5, 0.6) is 0 Å². The third-order valence-electron chi connectivity index (χ3n) is 2.07. The Bertz CT molecular complexity index is 469. The van der Waals surface area contributed by atoms with Crippen LogP contribution in [0.15, 0.2) is 18.3 Å². The van der Waals surface area contributed by atoms with Crippen molar-refractivity contribution in [2.24, 2.45) is 0 Å². The number of nitrogens with zero attached hydrogens (tertiary/aromatic N) is 4. The number of nitrogens with one attached hydrogen (secondary N) is 1. The van der Waals surface area contributed by atoms with Gasteiger partial charge in [0, 0.05) is 18.8 Å². The zero-order chi connectivity index (χ0) is 12.7. The molecule has 0 spiro atoms. The Labute approximate surface area is 99.1 Å². The van der Waals surface area contributed by atoms with Crippen LogP contribution in [0.3, 0.4) is 0 Å². The molecule has 0 aliphatic rings. The van der Waals surface area contributed by atoms with E-state index in [0.29, 0.717) is 11.4 Å².